The Balaban J connectivity index is 1.35. The first-order chi connectivity index (χ1) is 15.1. The number of ether oxygens (including phenoxy) is 1. The summed E-state index contributed by atoms with van der Waals surface area (Å²) in [5.74, 6) is 0.00757. The van der Waals surface area contributed by atoms with Crippen LogP contribution in [0.25, 0.3) is 21.7 Å². The highest BCUT2D eigenvalue weighted by atomic mass is 16.5. The predicted molar refractivity (Wildman–Crippen MR) is 118 cm³/mol. The molecule has 2 fully saturated rings. The number of carbonyl (C=O) groups excluding carboxylic acids is 2. The van der Waals surface area contributed by atoms with Gasteiger partial charge in [-0.05, 0) is 48.5 Å². The molecule has 0 spiro atoms. The van der Waals surface area contributed by atoms with E-state index >= 15 is 0 Å². The molecule has 1 atom stereocenters. The molecular weight excluding hydrogens is 394 g/mol. The molecule has 2 saturated heterocycles. The molecule has 2 amide bonds. The molecule has 31 heavy (non-hydrogen) atoms. The molecule has 3 heterocycles. The van der Waals surface area contributed by atoms with Gasteiger partial charge in [0.05, 0.1) is 12.2 Å². The fraction of sp³-hybridized carbons (Fsp3) is 0.417. The van der Waals surface area contributed by atoms with Gasteiger partial charge >= 0.3 is 0 Å². The molecule has 162 valence electrons. The Morgan fingerprint density at radius 1 is 1.13 bits per heavy atom. The summed E-state index contributed by atoms with van der Waals surface area (Å²) in [4.78, 5) is 28.7. The quantitative estimate of drug-likeness (QED) is 0.639. The SMILES string of the molecule is CN1CCN(CCOc2ccc3c(ccc4occ([C@@H]5CCC(=O)NC5=O)c43)c2)CC1. The number of benzene rings is 2. The number of furan rings is 1. The second kappa shape index (κ2) is 8.32. The number of piperidine rings is 1. The van der Waals surface area contributed by atoms with Gasteiger partial charge in [0, 0.05) is 50.1 Å². The number of fused-ring (bicyclic) bond motifs is 3. The van der Waals surface area contributed by atoms with E-state index < -0.39 is 0 Å². The van der Waals surface area contributed by atoms with E-state index in [1.807, 2.05) is 30.3 Å². The third kappa shape index (κ3) is 4.03. The zero-order valence-electron chi connectivity index (χ0n) is 17.7. The van der Waals surface area contributed by atoms with E-state index in [9.17, 15) is 9.59 Å². The topological polar surface area (TPSA) is 75.0 Å². The lowest BCUT2D eigenvalue weighted by Gasteiger charge is -2.32. The first-order valence-electron chi connectivity index (χ1n) is 10.9. The number of nitrogens with zero attached hydrogens (tertiary/aromatic N) is 2. The number of piperazine rings is 1. The monoisotopic (exact) mass is 421 g/mol. The molecule has 7 nitrogen and oxygen atoms in total. The molecular formula is C24H27N3O4. The van der Waals surface area contributed by atoms with Gasteiger partial charge in [0.25, 0.3) is 0 Å². The summed E-state index contributed by atoms with van der Waals surface area (Å²) in [6.45, 7) is 5.95. The van der Waals surface area contributed by atoms with Crippen molar-refractivity contribution in [3.05, 3.63) is 42.2 Å². The molecule has 3 aromatic rings. The van der Waals surface area contributed by atoms with E-state index in [1.165, 1.54) is 0 Å². The van der Waals surface area contributed by atoms with Gasteiger partial charge in [0.1, 0.15) is 17.9 Å². The van der Waals surface area contributed by atoms with E-state index in [0.29, 0.717) is 19.4 Å². The fourth-order valence-corrected chi connectivity index (χ4v) is 4.57. The average molecular weight is 421 g/mol. The Bertz CT molecular complexity index is 1130. The zero-order chi connectivity index (χ0) is 21.4. The van der Waals surface area contributed by atoms with Gasteiger partial charge in [0.15, 0.2) is 0 Å². The van der Waals surface area contributed by atoms with Crippen LogP contribution < -0.4 is 10.1 Å². The van der Waals surface area contributed by atoms with Gasteiger partial charge in [-0.15, -0.1) is 0 Å². The van der Waals surface area contributed by atoms with E-state index in [2.05, 4.69) is 22.2 Å². The van der Waals surface area contributed by atoms with Gasteiger partial charge in [-0.3, -0.25) is 19.8 Å². The Kier molecular flexibility index (Phi) is 5.38. The lowest BCUT2D eigenvalue weighted by atomic mass is 9.89. The van der Waals surface area contributed by atoms with E-state index in [1.54, 1.807) is 6.26 Å². The minimum atomic E-state index is -0.371. The average Bonchev–Trinajstić information content (AvgIpc) is 3.19. The molecule has 0 unspecified atom stereocenters. The van der Waals surface area contributed by atoms with Gasteiger partial charge in [0.2, 0.25) is 11.8 Å². The molecule has 2 aliphatic rings. The summed E-state index contributed by atoms with van der Waals surface area (Å²) in [5.41, 5.74) is 1.59. The molecule has 0 radical (unpaired) electrons. The lowest BCUT2D eigenvalue weighted by molar-refractivity contribution is -0.134. The molecule has 2 aliphatic heterocycles. The zero-order valence-corrected chi connectivity index (χ0v) is 17.7. The maximum atomic E-state index is 12.4. The number of carbonyl (C=O) groups is 2. The maximum absolute atomic E-state index is 12.4. The minimum Gasteiger partial charge on any atom is -0.492 e. The Labute approximate surface area is 180 Å². The Morgan fingerprint density at radius 3 is 2.77 bits per heavy atom. The van der Waals surface area contributed by atoms with Crippen molar-refractivity contribution in [1.82, 2.24) is 15.1 Å². The van der Waals surface area contributed by atoms with Crippen LogP contribution in [0.5, 0.6) is 5.75 Å². The van der Waals surface area contributed by atoms with Crippen molar-refractivity contribution in [2.45, 2.75) is 18.8 Å². The highest BCUT2D eigenvalue weighted by molar-refractivity contribution is 6.10. The van der Waals surface area contributed by atoms with Crippen molar-refractivity contribution in [3.63, 3.8) is 0 Å². The van der Waals surface area contributed by atoms with Gasteiger partial charge in [-0.25, -0.2) is 0 Å². The molecule has 1 N–H and O–H groups in total. The van der Waals surface area contributed by atoms with Crippen molar-refractivity contribution in [3.8, 4) is 5.75 Å². The highest BCUT2D eigenvalue weighted by Crippen LogP contribution is 2.37. The molecule has 1 aromatic heterocycles. The summed E-state index contributed by atoms with van der Waals surface area (Å²) in [6, 6.07) is 10.0. The van der Waals surface area contributed by atoms with Crippen LogP contribution >= 0.6 is 0 Å². The van der Waals surface area contributed by atoms with Gasteiger partial charge in [-0.2, -0.15) is 0 Å². The van der Waals surface area contributed by atoms with Crippen LogP contribution in [0.3, 0.4) is 0 Å². The third-order valence-corrected chi connectivity index (χ3v) is 6.44. The van der Waals surface area contributed by atoms with Crippen molar-refractivity contribution < 1.29 is 18.7 Å². The predicted octanol–water partition coefficient (Wildman–Crippen LogP) is 2.73. The maximum Gasteiger partial charge on any atom is 0.234 e. The highest BCUT2D eigenvalue weighted by Gasteiger charge is 2.31. The van der Waals surface area contributed by atoms with Crippen molar-refractivity contribution >= 4 is 33.6 Å². The number of rotatable bonds is 5. The lowest BCUT2D eigenvalue weighted by Crippen LogP contribution is -2.45. The van der Waals surface area contributed by atoms with Crippen molar-refractivity contribution in [2.24, 2.45) is 0 Å². The summed E-state index contributed by atoms with van der Waals surface area (Å²) in [5, 5.41) is 5.45. The largest absolute Gasteiger partial charge is 0.492 e. The standard InChI is InChI=1S/C24H27N3O4/c1-26-8-10-27(11-9-26)12-13-30-17-3-4-18-16(14-17)2-6-21-23(18)20(15-31-21)19-5-7-22(28)25-24(19)29/h2-4,6,14-15,19H,5,7-13H2,1H3,(H,25,28,29)/t19-/m0/s1. The van der Waals surface area contributed by atoms with Crippen LogP contribution in [0, 0.1) is 0 Å². The number of imide groups is 1. The first-order valence-corrected chi connectivity index (χ1v) is 10.9. The third-order valence-electron chi connectivity index (χ3n) is 6.44. The second-order valence-electron chi connectivity index (χ2n) is 8.51. The fourth-order valence-electron chi connectivity index (χ4n) is 4.57. The second-order valence-corrected chi connectivity index (χ2v) is 8.51. The van der Waals surface area contributed by atoms with Crippen LogP contribution in [-0.2, 0) is 9.59 Å². The molecule has 0 bridgehead atoms. The molecule has 5 rings (SSSR count). The van der Waals surface area contributed by atoms with Gasteiger partial charge < -0.3 is 14.1 Å². The molecule has 0 saturated carbocycles. The number of amides is 2. The summed E-state index contributed by atoms with van der Waals surface area (Å²) >= 11 is 0. The number of likely N-dealkylation sites (N-methyl/N-ethyl adjacent to an activating group) is 1. The molecule has 0 aliphatic carbocycles. The van der Waals surface area contributed by atoms with Crippen LogP contribution in [-0.4, -0.2) is 68.0 Å². The number of nitrogens with one attached hydrogen (secondary N) is 1. The van der Waals surface area contributed by atoms with Crippen LogP contribution in [0.2, 0.25) is 0 Å². The van der Waals surface area contributed by atoms with E-state index in [4.69, 9.17) is 9.15 Å². The van der Waals surface area contributed by atoms with E-state index in [-0.39, 0.29) is 17.7 Å². The summed E-state index contributed by atoms with van der Waals surface area (Å²) in [7, 11) is 2.16. The normalized spacial score (nSPS) is 21.0. The van der Waals surface area contributed by atoms with Crippen LogP contribution in [0.15, 0.2) is 41.0 Å². The molecule has 2 aromatic carbocycles. The van der Waals surface area contributed by atoms with E-state index in [0.717, 1.165) is 65.8 Å². The first kappa shape index (κ1) is 20.0. The van der Waals surface area contributed by atoms with Crippen molar-refractivity contribution in [1.29, 1.82) is 0 Å². The van der Waals surface area contributed by atoms with Gasteiger partial charge in [-0.1, -0.05) is 6.07 Å². The number of hydrogen-bond donors (Lipinski definition) is 1. The number of hydrogen-bond acceptors (Lipinski definition) is 6. The summed E-state index contributed by atoms with van der Waals surface area (Å²) < 4.78 is 11.8. The Morgan fingerprint density at radius 2 is 1.97 bits per heavy atom. The summed E-state index contributed by atoms with van der Waals surface area (Å²) in [6.07, 6.45) is 2.51. The van der Waals surface area contributed by atoms with Crippen molar-refractivity contribution in [2.75, 3.05) is 46.4 Å². The minimum absolute atomic E-state index is 0.211. The molecule has 7 heteroatoms. The Hall–Kier alpha value is -2.90. The smallest absolute Gasteiger partial charge is 0.234 e. The van der Waals surface area contributed by atoms with Crippen LogP contribution in [0.1, 0.15) is 24.3 Å². The van der Waals surface area contributed by atoms with Crippen LogP contribution in [0.4, 0.5) is 0 Å².